The van der Waals surface area contributed by atoms with Gasteiger partial charge in [-0.15, -0.1) is 0 Å². The number of aliphatic hydroxyl groups excluding tert-OH is 1. The number of hydrogen-bond acceptors (Lipinski definition) is 5. The number of rotatable bonds is 5. The molecule has 1 atom stereocenters. The van der Waals surface area contributed by atoms with Gasteiger partial charge in [0.05, 0.1) is 22.7 Å². The van der Waals surface area contributed by atoms with Gasteiger partial charge in [-0.2, -0.15) is 0 Å². The smallest absolute Gasteiger partial charge is 0.259 e. The van der Waals surface area contributed by atoms with Crippen molar-refractivity contribution in [1.29, 1.82) is 0 Å². The van der Waals surface area contributed by atoms with Gasteiger partial charge in [-0.05, 0) is 30.2 Å². The molecule has 1 fully saturated rings. The Labute approximate surface area is 148 Å². The van der Waals surface area contributed by atoms with Gasteiger partial charge in [-0.3, -0.25) is 4.79 Å². The first-order valence-corrected chi connectivity index (χ1v) is 8.95. The lowest BCUT2D eigenvalue weighted by Gasteiger charge is -2.26. The molecule has 2 aromatic rings. The molecule has 3 rings (SSSR count). The molecule has 1 amide bonds. The zero-order valence-electron chi connectivity index (χ0n) is 15.6. The normalized spacial score (nSPS) is 16.4. The second kappa shape index (κ2) is 6.41. The largest absolute Gasteiger partial charge is 0.391 e. The molecule has 6 nitrogen and oxygen atoms in total. The van der Waals surface area contributed by atoms with Crippen LogP contribution in [0.5, 0.6) is 0 Å². The molecule has 25 heavy (non-hydrogen) atoms. The Bertz CT molecular complexity index is 785. The van der Waals surface area contributed by atoms with Gasteiger partial charge in [-0.25, -0.2) is 4.98 Å². The Morgan fingerprint density at radius 1 is 1.40 bits per heavy atom. The number of aliphatic hydroxyl groups is 1. The van der Waals surface area contributed by atoms with Gasteiger partial charge < -0.3 is 14.9 Å². The van der Waals surface area contributed by atoms with Gasteiger partial charge in [0.1, 0.15) is 0 Å². The zero-order chi connectivity index (χ0) is 18.4. The summed E-state index contributed by atoms with van der Waals surface area (Å²) in [7, 11) is 0. The minimum Gasteiger partial charge on any atom is -0.391 e. The third-order valence-corrected chi connectivity index (χ3v) is 4.74. The highest BCUT2D eigenvalue weighted by Crippen LogP contribution is 2.41. The Balaban J connectivity index is 1.95. The lowest BCUT2D eigenvalue weighted by molar-refractivity contribution is 0.0587. The summed E-state index contributed by atoms with van der Waals surface area (Å²) in [5.41, 5.74) is 2.31. The summed E-state index contributed by atoms with van der Waals surface area (Å²) in [6.07, 6.45) is 1.56. The molecule has 136 valence electrons. The van der Waals surface area contributed by atoms with Gasteiger partial charge in [0, 0.05) is 18.2 Å². The van der Waals surface area contributed by atoms with Crippen LogP contribution >= 0.6 is 0 Å². The number of pyridine rings is 1. The van der Waals surface area contributed by atoms with Crippen molar-refractivity contribution in [2.75, 3.05) is 6.54 Å². The molecule has 2 N–H and O–H groups in total. The molecule has 6 heteroatoms. The summed E-state index contributed by atoms with van der Waals surface area (Å²) < 4.78 is 5.41. The van der Waals surface area contributed by atoms with E-state index in [0.717, 1.165) is 24.2 Å². The van der Waals surface area contributed by atoms with Gasteiger partial charge in [-0.1, -0.05) is 39.8 Å². The average molecular weight is 345 g/mol. The van der Waals surface area contributed by atoms with Gasteiger partial charge >= 0.3 is 0 Å². The third-order valence-electron chi connectivity index (χ3n) is 4.74. The van der Waals surface area contributed by atoms with Crippen molar-refractivity contribution in [3.63, 3.8) is 0 Å². The van der Waals surface area contributed by atoms with E-state index in [9.17, 15) is 9.90 Å². The van der Waals surface area contributed by atoms with E-state index in [1.54, 1.807) is 0 Å². The van der Waals surface area contributed by atoms with Crippen LogP contribution in [0.2, 0.25) is 0 Å². The Kier molecular flexibility index (Phi) is 4.58. The summed E-state index contributed by atoms with van der Waals surface area (Å²) >= 11 is 0. The summed E-state index contributed by atoms with van der Waals surface area (Å²) in [6, 6.07) is 1.86. The van der Waals surface area contributed by atoms with E-state index in [2.05, 4.69) is 15.5 Å². The standard InChI is InChI=1S/C19H27N3O3/c1-10(2)16-15-12(17(24)20-9-14(23)19(3,4)5)8-13(11-6-7-11)21-18(15)25-22-16/h8,10-11,14,23H,6-7,9H2,1-5H3,(H,20,24). The molecular weight excluding hydrogens is 318 g/mol. The quantitative estimate of drug-likeness (QED) is 0.867. The average Bonchev–Trinajstić information content (AvgIpc) is 3.29. The number of hydrogen-bond donors (Lipinski definition) is 2. The van der Waals surface area contributed by atoms with E-state index >= 15 is 0 Å². The molecule has 1 saturated carbocycles. The summed E-state index contributed by atoms with van der Waals surface area (Å²) in [4.78, 5) is 17.4. The third kappa shape index (κ3) is 3.68. The number of fused-ring (bicyclic) bond motifs is 1. The van der Waals surface area contributed by atoms with E-state index < -0.39 is 6.10 Å². The topological polar surface area (TPSA) is 88.2 Å². The highest BCUT2D eigenvalue weighted by Gasteiger charge is 2.30. The highest BCUT2D eigenvalue weighted by atomic mass is 16.5. The number of aromatic nitrogens is 2. The van der Waals surface area contributed by atoms with Crippen molar-refractivity contribution in [3.8, 4) is 0 Å². The number of carbonyl (C=O) groups is 1. The first-order chi connectivity index (χ1) is 11.7. The van der Waals surface area contributed by atoms with Crippen molar-refractivity contribution in [2.24, 2.45) is 5.41 Å². The fraction of sp³-hybridized carbons (Fsp3) is 0.632. The predicted molar refractivity (Wildman–Crippen MR) is 95.7 cm³/mol. The van der Waals surface area contributed by atoms with Crippen LogP contribution in [0.15, 0.2) is 10.6 Å². The molecule has 0 aliphatic heterocycles. The van der Waals surface area contributed by atoms with Crippen LogP contribution in [-0.4, -0.2) is 33.8 Å². The lowest BCUT2D eigenvalue weighted by atomic mass is 9.89. The zero-order valence-corrected chi connectivity index (χ0v) is 15.6. The predicted octanol–water partition coefficient (Wildman–Crippen LogP) is 3.36. The first kappa shape index (κ1) is 17.9. The van der Waals surface area contributed by atoms with Crippen LogP contribution in [-0.2, 0) is 0 Å². The minimum absolute atomic E-state index is 0.126. The van der Waals surface area contributed by atoms with Crippen LogP contribution in [0.25, 0.3) is 11.1 Å². The van der Waals surface area contributed by atoms with E-state index in [0.29, 0.717) is 22.6 Å². The summed E-state index contributed by atoms with van der Waals surface area (Å²) in [5, 5.41) is 17.9. The van der Waals surface area contributed by atoms with Crippen LogP contribution in [0.4, 0.5) is 0 Å². The Morgan fingerprint density at radius 2 is 2.08 bits per heavy atom. The van der Waals surface area contributed by atoms with Crippen molar-refractivity contribution in [2.45, 2.75) is 65.4 Å². The van der Waals surface area contributed by atoms with Crippen molar-refractivity contribution >= 4 is 17.0 Å². The lowest BCUT2D eigenvalue weighted by Crippen LogP contribution is -2.39. The molecule has 2 aromatic heterocycles. The Hall–Kier alpha value is -1.95. The SMILES string of the molecule is CC(C)c1noc2nc(C3CC3)cc(C(=O)NCC(O)C(C)(C)C)c12. The molecule has 0 saturated heterocycles. The molecule has 1 aliphatic carbocycles. The van der Waals surface area contributed by atoms with E-state index in [4.69, 9.17) is 4.52 Å². The molecule has 1 aliphatic rings. The van der Waals surface area contributed by atoms with E-state index in [-0.39, 0.29) is 23.8 Å². The van der Waals surface area contributed by atoms with Crippen molar-refractivity contribution in [3.05, 3.63) is 23.0 Å². The monoisotopic (exact) mass is 345 g/mol. The fourth-order valence-corrected chi connectivity index (χ4v) is 2.74. The minimum atomic E-state index is -0.622. The maximum Gasteiger partial charge on any atom is 0.259 e. The van der Waals surface area contributed by atoms with Gasteiger partial charge in [0.25, 0.3) is 11.6 Å². The highest BCUT2D eigenvalue weighted by molar-refractivity contribution is 6.06. The Morgan fingerprint density at radius 3 is 2.64 bits per heavy atom. The first-order valence-electron chi connectivity index (χ1n) is 8.95. The van der Waals surface area contributed by atoms with Crippen LogP contribution < -0.4 is 5.32 Å². The summed E-state index contributed by atoms with van der Waals surface area (Å²) in [6.45, 7) is 10.0. The summed E-state index contributed by atoms with van der Waals surface area (Å²) in [5.74, 6) is 0.313. The van der Waals surface area contributed by atoms with Gasteiger partial charge in [0.15, 0.2) is 0 Å². The molecule has 1 unspecified atom stereocenters. The van der Waals surface area contributed by atoms with Gasteiger partial charge in [0.2, 0.25) is 0 Å². The van der Waals surface area contributed by atoms with Crippen LogP contribution in [0.3, 0.4) is 0 Å². The fourth-order valence-electron chi connectivity index (χ4n) is 2.74. The molecule has 2 heterocycles. The number of nitrogens with zero attached hydrogens (tertiary/aromatic N) is 2. The van der Waals surface area contributed by atoms with Crippen LogP contribution in [0, 0.1) is 5.41 Å². The molecule has 0 spiro atoms. The van der Waals surface area contributed by atoms with Crippen LogP contribution in [0.1, 0.15) is 81.0 Å². The molecule has 0 radical (unpaired) electrons. The maximum atomic E-state index is 12.8. The second-order valence-electron chi connectivity index (χ2n) is 8.36. The van der Waals surface area contributed by atoms with Crippen molar-refractivity contribution in [1.82, 2.24) is 15.5 Å². The number of amides is 1. The second-order valence-corrected chi connectivity index (χ2v) is 8.36. The maximum absolute atomic E-state index is 12.8. The van der Waals surface area contributed by atoms with E-state index in [1.807, 2.05) is 40.7 Å². The van der Waals surface area contributed by atoms with E-state index in [1.165, 1.54) is 0 Å². The number of carbonyl (C=O) groups excluding carboxylic acids is 1. The molecule has 0 aromatic carbocycles. The number of nitrogens with one attached hydrogen (secondary N) is 1. The van der Waals surface area contributed by atoms with Crippen molar-refractivity contribution < 1.29 is 14.4 Å². The molecular formula is C19H27N3O3. The molecule has 0 bridgehead atoms.